The monoisotopic (exact) mass is 465 g/mol. The van der Waals surface area contributed by atoms with E-state index < -0.39 is 42.1 Å². The largest absolute Gasteiger partial charge is 0.484 e. The van der Waals surface area contributed by atoms with E-state index in [4.69, 9.17) is 4.74 Å². The first-order valence-corrected chi connectivity index (χ1v) is 10.3. The molecule has 0 aliphatic heterocycles. The Hall–Kier alpha value is -3.23. The van der Waals surface area contributed by atoms with Gasteiger partial charge in [-0.05, 0) is 60.4 Å². The van der Waals surface area contributed by atoms with Crippen LogP contribution < -0.4 is 10.1 Å². The Morgan fingerprint density at radius 1 is 1.12 bits per heavy atom. The normalized spacial score (nSPS) is 18.5. The summed E-state index contributed by atoms with van der Waals surface area (Å²) in [5.74, 6) is -3.46. The minimum atomic E-state index is -4.49. The molecule has 0 radical (unpaired) electrons. The van der Waals surface area contributed by atoms with E-state index in [0.717, 1.165) is 0 Å². The second-order valence-corrected chi connectivity index (χ2v) is 8.19. The Balaban J connectivity index is 1.67. The molecule has 1 amide bonds. The Morgan fingerprint density at radius 2 is 1.79 bits per heavy atom. The highest BCUT2D eigenvalue weighted by Gasteiger charge is 2.44. The van der Waals surface area contributed by atoms with E-state index in [-0.39, 0.29) is 30.9 Å². The van der Waals surface area contributed by atoms with Crippen molar-refractivity contribution in [3.63, 3.8) is 0 Å². The predicted molar refractivity (Wildman–Crippen MR) is 111 cm³/mol. The van der Waals surface area contributed by atoms with Gasteiger partial charge in [-0.15, -0.1) is 0 Å². The number of halogens is 4. The molecule has 0 heterocycles. The third kappa shape index (κ3) is 6.18. The van der Waals surface area contributed by atoms with Gasteiger partial charge in [0, 0.05) is 25.3 Å². The summed E-state index contributed by atoms with van der Waals surface area (Å²) >= 11 is 0. The zero-order valence-electron chi connectivity index (χ0n) is 18.1. The Kier molecular flexibility index (Phi) is 7.19. The number of aryl methyl sites for hydroxylation is 2. The van der Waals surface area contributed by atoms with Gasteiger partial charge in [0.2, 0.25) is 5.91 Å². The standard InChI is InChI=1S/C24H23F4NO4/c1-13-6-18(33-12-24(26,27)28)7-14(2)21(13)22-19(30)9-16(23(22)32)10-20(31)29-11-15-4-3-5-17(25)8-15/h3-8,16,22H,9-12H2,1-2H3,(H,29,31). The summed E-state index contributed by atoms with van der Waals surface area (Å²) in [6.45, 7) is 1.84. The second kappa shape index (κ2) is 9.72. The molecule has 0 aromatic heterocycles. The fourth-order valence-electron chi connectivity index (χ4n) is 4.11. The van der Waals surface area contributed by atoms with Crippen molar-refractivity contribution in [3.05, 3.63) is 64.5 Å². The molecule has 2 unspecified atom stereocenters. The van der Waals surface area contributed by atoms with Crippen LogP contribution in [0, 0.1) is 25.6 Å². The molecular formula is C24H23F4NO4. The number of carbonyl (C=O) groups is 3. The van der Waals surface area contributed by atoms with Crippen molar-refractivity contribution < 1.29 is 36.7 Å². The number of alkyl halides is 3. The maximum absolute atomic E-state index is 13.3. The lowest BCUT2D eigenvalue weighted by molar-refractivity contribution is -0.153. The van der Waals surface area contributed by atoms with Crippen LogP contribution in [0.25, 0.3) is 0 Å². The van der Waals surface area contributed by atoms with Crippen LogP contribution in [-0.4, -0.2) is 30.3 Å². The molecule has 2 aromatic rings. The number of ether oxygens (including phenoxy) is 1. The highest BCUT2D eigenvalue weighted by molar-refractivity contribution is 6.15. The molecule has 9 heteroatoms. The van der Waals surface area contributed by atoms with Crippen molar-refractivity contribution in [2.24, 2.45) is 5.92 Å². The first-order chi connectivity index (χ1) is 15.4. The minimum Gasteiger partial charge on any atom is -0.484 e. The SMILES string of the molecule is Cc1cc(OCC(F)(F)F)cc(C)c1C1C(=O)CC(CC(=O)NCc2cccc(F)c2)C1=O. The van der Waals surface area contributed by atoms with E-state index in [9.17, 15) is 31.9 Å². The Bertz CT molecular complexity index is 1060. The number of hydrogen-bond donors (Lipinski definition) is 1. The van der Waals surface area contributed by atoms with E-state index in [2.05, 4.69) is 5.32 Å². The van der Waals surface area contributed by atoms with Crippen LogP contribution in [0.1, 0.15) is 41.0 Å². The van der Waals surface area contributed by atoms with Gasteiger partial charge in [-0.1, -0.05) is 12.1 Å². The molecule has 1 saturated carbocycles. The van der Waals surface area contributed by atoms with Crippen LogP contribution in [-0.2, 0) is 20.9 Å². The van der Waals surface area contributed by atoms with Gasteiger partial charge in [0.25, 0.3) is 0 Å². The summed E-state index contributed by atoms with van der Waals surface area (Å²) in [6, 6.07) is 8.48. The maximum Gasteiger partial charge on any atom is 0.422 e. The quantitative estimate of drug-likeness (QED) is 0.488. The van der Waals surface area contributed by atoms with E-state index >= 15 is 0 Å². The average molecular weight is 465 g/mol. The predicted octanol–water partition coefficient (Wildman–Crippen LogP) is 4.33. The van der Waals surface area contributed by atoms with Gasteiger partial charge >= 0.3 is 6.18 Å². The molecule has 1 aliphatic rings. The number of ketones is 2. The number of nitrogens with one attached hydrogen (secondary N) is 1. The highest BCUT2D eigenvalue weighted by Crippen LogP contribution is 2.38. The highest BCUT2D eigenvalue weighted by atomic mass is 19.4. The number of Topliss-reactive ketones (excluding diaryl/α,β-unsaturated/α-hetero) is 2. The minimum absolute atomic E-state index is 0.00255. The molecule has 0 bridgehead atoms. The van der Waals surface area contributed by atoms with Crippen molar-refractivity contribution >= 4 is 17.5 Å². The van der Waals surface area contributed by atoms with Crippen molar-refractivity contribution in [3.8, 4) is 5.75 Å². The third-order valence-electron chi connectivity index (χ3n) is 5.53. The van der Waals surface area contributed by atoms with Crippen molar-refractivity contribution in [2.75, 3.05) is 6.61 Å². The summed E-state index contributed by atoms with van der Waals surface area (Å²) in [7, 11) is 0. The second-order valence-electron chi connectivity index (χ2n) is 8.19. The average Bonchev–Trinajstić information content (AvgIpc) is 2.97. The Labute approximate surface area is 188 Å². The molecule has 5 nitrogen and oxygen atoms in total. The summed E-state index contributed by atoms with van der Waals surface area (Å²) in [6.07, 6.45) is -4.76. The molecule has 33 heavy (non-hydrogen) atoms. The number of benzene rings is 2. The van der Waals surface area contributed by atoms with E-state index in [1.165, 1.54) is 30.3 Å². The molecule has 1 fully saturated rings. The molecule has 2 aromatic carbocycles. The van der Waals surface area contributed by atoms with Gasteiger partial charge in [-0.25, -0.2) is 4.39 Å². The number of hydrogen-bond acceptors (Lipinski definition) is 4. The van der Waals surface area contributed by atoms with Crippen molar-refractivity contribution in [1.29, 1.82) is 0 Å². The topological polar surface area (TPSA) is 72.5 Å². The first-order valence-electron chi connectivity index (χ1n) is 10.3. The fourth-order valence-corrected chi connectivity index (χ4v) is 4.11. The van der Waals surface area contributed by atoms with E-state index in [0.29, 0.717) is 22.3 Å². The summed E-state index contributed by atoms with van der Waals surface area (Å²) < 4.78 is 55.3. The third-order valence-corrected chi connectivity index (χ3v) is 5.53. The van der Waals surface area contributed by atoms with Gasteiger partial charge in [0.15, 0.2) is 12.4 Å². The number of amides is 1. The lowest BCUT2D eigenvalue weighted by Gasteiger charge is -2.18. The molecule has 3 rings (SSSR count). The van der Waals surface area contributed by atoms with Gasteiger partial charge < -0.3 is 10.1 Å². The number of carbonyl (C=O) groups excluding carboxylic acids is 3. The van der Waals surface area contributed by atoms with Crippen LogP contribution in [0.3, 0.4) is 0 Å². The van der Waals surface area contributed by atoms with Crippen molar-refractivity contribution in [2.45, 2.75) is 45.3 Å². The smallest absolute Gasteiger partial charge is 0.422 e. The van der Waals surface area contributed by atoms with Gasteiger partial charge in [-0.2, -0.15) is 13.2 Å². The van der Waals surface area contributed by atoms with Crippen LogP contribution in [0.15, 0.2) is 36.4 Å². The summed E-state index contributed by atoms with van der Waals surface area (Å²) in [5.41, 5.74) is 1.94. The molecule has 1 aliphatic carbocycles. The molecule has 176 valence electrons. The van der Waals surface area contributed by atoms with Crippen LogP contribution >= 0.6 is 0 Å². The first kappa shape index (κ1) is 24.4. The zero-order valence-corrected chi connectivity index (χ0v) is 18.1. The van der Waals surface area contributed by atoms with Crippen LogP contribution in [0.5, 0.6) is 5.75 Å². The number of rotatable bonds is 7. The molecular weight excluding hydrogens is 442 g/mol. The molecule has 0 saturated heterocycles. The zero-order chi connectivity index (χ0) is 24.3. The molecule has 0 spiro atoms. The summed E-state index contributed by atoms with van der Waals surface area (Å²) in [5, 5.41) is 2.62. The fraction of sp³-hybridized carbons (Fsp3) is 0.375. The van der Waals surface area contributed by atoms with E-state index in [1.807, 2.05) is 0 Å². The molecule has 1 N–H and O–H groups in total. The summed E-state index contributed by atoms with van der Waals surface area (Å²) in [4.78, 5) is 38.0. The molecule has 2 atom stereocenters. The van der Waals surface area contributed by atoms with E-state index in [1.54, 1.807) is 19.9 Å². The van der Waals surface area contributed by atoms with Crippen LogP contribution in [0.4, 0.5) is 17.6 Å². The maximum atomic E-state index is 13.3. The van der Waals surface area contributed by atoms with Gasteiger partial charge in [0.1, 0.15) is 23.3 Å². The Morgan fingerprint density at radius 3 is 2.39 bits per heavy atom. The lowest BCUT2D eigenvalue weighted by Crippen LogP contribution is -2.27. The van der Waals surface area contributed by atoms with Gasteiger partial charge in [-0.3, -0.25) is 14.4 Å². The lowest BCUT2D eigenvalue weighted by atomic mass is 9.87. The van der Waals surface area contributed by atoms with Crippen LogP contribution in [0.2, 0.25) is 0 Å². The van der Waals surface area contributed by atoms with Crippen molar-refractivity contribution in [1.82, 2.24) is 5.32 Å². The van der Waals surface area contributed by atoms with Gasteiger partial charge in [0.05, 0.1) is 0 Å².